The van der Waals surface area contributed by atoms with Gasteiger partial charge in [0.25, 0.3) is 0 Å². The van der Waals surface area contributed by atoms with Crippen LogP contribution >= 0.6 is 0 Å². The number of alkyl halides is 1. The molecule has 0 saturated carbocycles. The summed E-state index contributed by atoms with van der Waals surface area (Å²) in [5.74, 6) is -2.15. The summed E-state index contributed by atoms with van der Waals surface area (Å²) in [6, 6.07) is 17.7. The number of amides is 1. The number of halogens is 3. The number of aryl methyl sites for hydroxylation is 1. The largest absolute Gasteiger partial charge is 0.322 e. The van der Waals surface area contributed by atoms with Gasteiger partial charge in [-0.1, -0.05) is 42.0 Å². The van der Waals surface area contributed by atoms with Crippen molar-refractivity contribution < 1.29 is 26.4 Å². The van der Waals surface area contributed by atoms with E-state index >= 15 is 0 Å². The molecular formula is C28H28F3N3O3S. The monoisotopic (exact) mass is 543 g/mol. The highest BCUT2D eigenvalue weighted by Crippen LogP contribution is 2.30. The van der Waals surface area contributed by atoms with E-state index in [0.29, 0.717) is 16.0 Å². The molecule has 3 aromatic carbocycles. The summed E-state index contributed by atoms with van der Waals surface area (Å²) in [6.45, 7) is 1.73. The Hall–Kier alpha value is -3.68. The van der Waals surface area contributed by atoms with Crippen LogP contribution in [-0.4, -0.2) is 50.3 Å². The standard InChI is InChI=1S/C20H18F3N3O.C8H10O2S/c21-14-5-1-12(2-6-14)18(13-3-7-15(22)8-4-13)19(25)20(27)26-11-16(23)9-17(26)10-24;1-7-3-5-8(6-4-7)11(2,9)10/h1-8,16-19H,9,11,25H2;3-6H,1-2H3/t16-,17-,19-;/m0./s1. The predicted molar refractivity (Wildman–Crippen MR) is 138 cm³/mol. The number of carbonyl (C=O) groups is 1. The van der Waals surface area contributed by atoms with Gasteiger partial charge >= 0.3 is 0 Å². The lowest BCUT2D eigenvalue weighted by molar-refractivity contribution is -0.133. The van der Waals surface area contributed by atoms with Crippen LogP contribution in [0.3, 0.4) is 0 Å². The average Bonchev–Trinajstić information content (AvgIpc) is 3.26. The van der Waals surface area contributed by atoms with Crippen LogP contribution in [0.4, 0.5) is 13.2 Å². The van der Waals surface area contributed by atoms with E-state index in [-0.39, 0.29) is 13.0 Å². The summed E-state index contributed by atoms with van der Waals surface area (Å²) >= 11 is 0. The number of rotatable bonds is 5. The predicted octanol–water partition coefficient (Wildman–Crippen LogP) is 4.29. The molecule has 6 nitrogen and oxygen atoms in total. The van der Waals surface area contributed by atoms with E-state index in [4.69, 9.17) is 5.73 Å². The van der Waals surface area contributed by atoms with Gasteiger partial charge in [-0.2, -0.15) is 5.26 Å². The molecule has 10 heteroatoms. The first-order valence-electron chi connectivity index (χ1n) is 11.8. The minimum Gasteiger partial charge on any atom is -0.322 e. The van der Waals surface area contributed by atoms with Crippen LogP contribution in [0.25, 0.3) is 0 Å². The summed E-state index contributed by atoms with van der Waals surface area (Å²) in [4.78, 5) is 14.4. The number of hydrogen-bond donors (Lipinski definition) is 1. The normalized spacial score (nSPS) is 17.9. The molecule has 1 aliphatic heterocycles. The lowest BCUT2D eigenvalue weighted by atomic mass is 9.84. The van der Waals surface area contributed by atoms with Crippen LogP contribution in [0.5, 0.6) is 0 Å². The van der Waals surface area contributed by atoms with Gasteiger partial charge in [-0.05, 0) is 54.4 Å². The zero-order chi connectivity index (χ0) is 28.0. The van der Waals surface area contributed by atoms with Crippen LogP contribution in [0.1, 0.15) is 29.0 Å². The first-order chi connectivity index (χ1) is 17.9. The molecular weight excluding hydrogens is 515 g/mol. The molecule has 2 N–H and O–H groups in total. The molecule has 1 amide bonds. The molecule has 1 saturated heterocycles. The molecule has 0 aromatic heterocycles. The Kier molecular flexibility index (Phi) is 9.31. The third-order valence-electron chi connectivity index (χ3n) is 6.23. The zero-order valence-corrected chi connectivity index (χ0v) is 21.7. The lowest BCUT2D eigenvalue weighted by Crippen LogP contribution is -2.49. The zero-order valence-electron chi connectivity index (χ0n) is 20.9. The highest BCUT2D eigenvalue weighted by molar-refractivity contribution is 7.90. The maximum atomic E-state index is 13.7. The van der Waals surface area contributed by atoms with Crippen LogP contribution in [0.15, 0.2) is 77.7 Å². The highest BCUT2D eigenvalue weighted by Gasteiger charge is 2.40. The third-order valence-corrected chi connectivity index (χ3v) is 7.36. The van der Waals surface area contributed by atoms with Crippen molar-refractivity contribution in [3.63, 3.8) is 0 Å². The van der Waals surface area contributed by atoms with Crippen LogP contribution in [-0.2, 0) is 14.6 Å². The van der Waals surface area contributed by atoms with Crippen molar-refractivity contribution in [3.8, 4) is 6.07 Å². The molecule has 1 fully saturated rings. The number of nitrogens with zero attached hydrogens (tertiary/aromatic N) is 2. The Morgan fingerprint density at radius 2 is 1.45 bits per heavy atom. The molecule has 38 heavy (non-hydrogen) atoms. The number of likely N-dealkylation sites (tertiary alicyclic amines) is 1. The quantitative estimate of drug-likeness (QED) is 0.517. The van der Waals surface area contributed by atoms with Gasteiger partial charge in [0.05, 0.1) is 23.6 Å². The summed E-state index contributed by atoms with van der Waals surface area (Å²) in [5.41, 5.74) is 8.43. The summed E-state index contributed by atoms with van der Waals surface area (Å²) < 4.78 is 62.2. The SMILES string of the molecule is Cc1ccc(S(C)(=O)=O)cc1.N#C[C@@H]1C[C@H](F)CN1C(=O)[C@@H](N)C(c1ccc(F)cc1)c1ccc(F)cc1. The topological polar surface area (TPSA) is 104 Å². The summed E-state index contributed by atoms with van der Waals surface area (Å²) in [5, 5.41) is 9.18. The van der Waals surface area contributed by atoms with E-state index < -0.39 is 51.6 Å². The van der Waals surface area contributed by atoms with Crippen LogP contribution < -0.4 is 5.73 Å². The van der Waals surface area contributed by atoms with Gasteiger partial charge in [-0.25, -0.2) is 21.6 Å². The molecule has 200 valence electrons. The van der Waals surface area contributed by atoms with Gasteiger partial charge in [-0.15, -0.1) is 0 Å². The summed E-state index contributed by atoms with van der Waals surface area (Å²) in [6.07, 6.45) is -0.120. The Bertz CT molecular complexity index is 1350. The van der Waals surface area contributed by atoms with Gasteiger partial charge < -0.3 is 10.6 Å². The second-order valence-electron chi connectivity index (χ2n) is 9.16. The molecule has 0 unspecified atom stereocenters. The Morgan fingerprint density at radius 3 is 1.87 bits per heavy atom. The number of carbonyl (C=O) groups excluding carboxylic acids is 1. The maximum Gasteiger partial charge on any atom is 0.241 e. The van der Waals surface area contributed by atoms with Crippen molar-refractivity contribution in [1.82, 2.24) is 4.90 Å². The minimum atomic E-state index is -3.02. The average molecular weight is 544 g/mol. The molecule has 0 aliphatic carbocycles. The van der Waals surface area contributed by atoms with Crippen molar-refractivity contribution in [2.24, 2.45) is 5.73 Å². The Labute approximate surface area is 220 Å². The number of nitriles is 1. The molecule has 4 rings (SSSR count). The first kappa shape index (κ1) is 28.9. The fourth-order valence-corrected chi connectivity index (χ4v) is 4.85. The Balaban J connectivity index is 0.000000304. The minimum absolute atomic E-state index is 0.0489. The number of benzene rings is 3. The van der Waals surface area contributed by atoms with Crippen molar-refractivity contribution in [2.45, 2.75) is 42.4 Å². The van der Waals surface area contributed by atoms with Crippen LogP contribution in [0, 0.1) is 29.9 Å². The van der Waals surface area contributed by atoms with Gasteiger partial charge in [0.2, 0.25) is 5.91 Å². The molecule has 0 radical (unpaired) electrons. The van der Waals surface area contributed by atoms with Crippen molar-refractivity contribution >= 4 is 15.7 Å². The highest BCUT2D eigenvalue weighted by atomic mass is 32.2. The van der Waals surface area contributed by atoms with Gasteiger partial charge in [0.1, 0.15) is 23.8 Å². The lowest BCUT2D eigenvalue weighted by Gasteiger charge is -2.29. The van der Waals surface area contributed by atoms with E-state index in [1.807, 2.05) is 13.0 Å². The molecule has 1 aliphatic rings. The molecule has 3 aromatic rings. The second kappa shape index (κ2) is 12.2. The van der Waals surface area contributed by atoms with Gasteiger partial charge in [0.15, 0.2) is 9.84 Å². The molecule has 0 bridgehead atoms. The van der Waals surface area contributed by atoms with Gasteiger partial charge in [0, 0.05) is 18.6 Å². The van der Waals surface area contributed by atoms with E-state index in [2.05, 4.69) is 0 Å². The molecule has 3 atom stereocenters. The van der Waals surface area contributed by atoms with E-state index in [0.717, 1.165) is 10.5 Å². The van der Waals surface area contributed by atoms with E-state index in [9.17, 15) is 31.6 Å². The molecule has 0 spiro atoms. The smallest absolute Gasteiger partial charge is 0.241 e. The fourth-order valence-electron chi connectivity index (χ4n) is 4.22. The third kappa shape index (κ3) is 7.21. The number of sulfone groups is 1. The fraction of sp³-hybridized carbons (Fsp3) is 0.286. The summed E-state index contributed by atoms with van der Waals surface area (Å²) in [7, 11) is -3.02. The van der Waals surface area contributed by atoms with E-state index in [1.165, 1.54) is 54.8 Å². The maximum absolute atomic E-state index is 13.7. The van der Waals surface area contributed by atoms with Crippen molar-refractivity contribution in [3.05, 3.63) is 101 Å². The molecule has 1 heterocycles. The number of nitrogens with two attached hydrogens (primary N) is 1. The van der Waals surface area contributed by atoms with Crippen LogP contribution in [0.2, 0.25) is 0 Å². The van der Waals surface area contributed by atoms with E-state index in [1.54, 1.807) is 24.3 Å². The Morgan fingerprint density at radius 1 is 0.974 bits per heavy atom. The van der Waals surface area contributed by atoms with Crippen molar-refractivity contribution in [1.29, 1.82) is 5.26 Å². The first-order valence-corrected chi connectivity index (χ1v) is 13.7. The van der Waals surface area contributed by atoms with Crippen molar-refractivity contribution in [2.75, 3.05) is 12.8 Å². The second-order valence-corrected chi connectivity index (χ2v) is 11.2. The van der Waals surface area contributed by atoms with Gasteiger partial charge in [-0.3, -0.25) is 4.79 Å². The number of hydrogen-bond acceptors (Lipinski definition) is 5.